The van der Waals surface area contributed by atoms with E-state index < -0.39 is 18.6 Å². The van der Waals surface area contributed by atoms with E-state index in [9.17, 15) is 28.0 Å². The summed E-state index contributed by atoms with van der Waals surface area (Å²) in [6.45, 7) is 1.74. The van der Waals surface area contributed by atoms with E-state index in [1.54, 1.807) is 29.8 Å². The molecule has 3 aromatic rings. The van der Waals surface area contributed by atoms with Crippen LogP contribution in [0.2, 0.25) is 0 Å². The molecule has 2 N–H and O–H groups in total. The lowest BCUT2D eigenvalue weighted by Crippen LogP contribution is -2.39. The molecule has 1 fully saturated rings. The second-order valence-corrected chi connectivity index (χ2v) is 8.72. The van der Waals surface area contributed by atoms with Gasteiger partial charge in [-0.25, -0.2) is 0 Å². The number of aryl methyl sites for hydroxylation is 1. The lowest BCUT2D eigenvalue weighted by molar-refractivity contribution is -0.140. The van der Waals surface area contributed by atoms with Crippen molar-refractivity contribution in [1.82, 2.24) is 19.7 Å². The quantitative estimate of drug-likeness (QED) is 0.481. The third kappa shape index (κ3) is 5.16. The average Bonchev–Trinajstić information content (AvgIpc) is 3.57. The molecule has 2 heterocycles. The molecule has 0 saturated heterocycles. The largest absolute Gasteiger partial charge is 0.406 e. The van der Waals surface area contributed by atoms with Crippen LogP contribution in [-0.2, 0) is 0 Å². The Labute approximate surface area is 199 Å². The Morgan fingerprint density at radius 3 is 2.71 bits per heavy atom. The van der Waals surface area contributed by atoms with E-state index >= 15 is 0 Å². The van der Waals surface area contributed by atoms with Gasteiger partial charge >= 0.3 is 6.18 Å². The molecular weight excluding hydrogens is 461 g/mol. The van der Waals surface area contributed by atoms with Crippen LogP contribution >= 0.6 is 0 Å². The summed E-state index contributed by atoms with van der Waals surface area (Å²) < 4.78 is 40.2. The predicted octanol–water partition coefficient (Wildman–Crippen LogP) is 4.67. The van der Waals surface area contributed by atoms with E-state index in [1.807, 2.05) is 0 Å². The minimum absolute atomic E-state index is 0.0746. The summed E-state index contributed by atoms with van der Waals surface area (Å²) in [4.78, 5) is 28.7. The van der Waals surface area contributed by atoms with E-state index in [1.165, 1.54) is 19.2 Å². The van der Waals surface area contributed by atoms with Crippen molar-refractivity contribution < 1.29 is 18.0 Å². The first kappa shape index (κ1) is 24.3. The van der Waals surface area contributed by atoms with Gasteiger partial charge in [0.25, 0.3) is 11.5 Å². The molecule has 1 aliphatic rings. The van der Waals surface area contributed by atoms with Gasteiger partial charge in [0.15, 0.2) is 5.82 Å². The Bertz CT molecular complexity index is 1350. The second-order valence-electron chi connectivity index (χ2n) is 8.72. The summed E-state index contributed by atoms with van der Waals surface area (Å²) in [5.41, 5.74) is 1.45. The molecule has 2 aromatic heterocycles. The number of carbonyl (C=O) groups is 1. The van der Waals surface area contributed by atoms with E-state index in [0.29, 0.717) is 33.9 Å². The lowest BCUT2D eigenvalue weighted by Gasteiger charge is -2.23. The molecule has 0 spiro atoms. The van der Waals surface area contributed by atoms with Crippen molar-refractivity contribution in [3.63, 3.8) is 0 Å². The van der Waals surface area contributed by atoms with Crippen LogP contribution < -0.4 is 10.9 Å². The number of fused-ring (bicyclic) bond motifs is 1. The van der Waals surface area contributed by atoms with Crippen molar-refractivity contribution in [3.8, 4) is 6.07 Å². The van der Waals surface area contributed by atoms with Gasteiger partial charge in [0.2, 0.25) is 0 Å². The zero-order chi connectivity index (χ0) is 25.3. The lowest BCUT2D eigenvalue weighted by atomic mass is 10.1. The number of hydrogen-bond acceptors (Lipinski definition) is 5. The number of amides is 1. The van der Waals surface area contributed by atoms with E-state index in [-0.39, 0.29) is 30.1 Å². The van der Waals surface area contributed by atoms with Crippen LogP contribution in [0.4, 0.5) is 24.7 Å². The summed E-state index contributed by atoms with van der Waals surface area (Å²) in [7, 11) is 0. The van der Waals surface area contributed by atoms with Crippen LogP contribution in [0.5, 0.6) is 0 Å². The number of alkyl halides is 3. The van der Waals surface area contributed by atoms with Crippen molar-refractivity contribution in [3.05, 3.63) is 51.9 Å². The molecular formula is C24H25F3N6O2. The Kier molecular flexibility index (Phi) is 6.56. The highest BCUT2D eigenvalue weighted by Crippen LogP contribution is 2.43. The summed E-state index contributed by atoms with van der Waals surface area (Å²) in [5.74, 6) is -0.0735. The predicted molar refractivity (Wildman–Crippen MR) is 124 cm³/mol. The monoisotopic (exact) mass is 486 g/mol. The topological polar surface area (TPSA) is 107 Å². The van der Waals surface area contributed by atoms with Crippen LogP contribution in [0.25, 0.3) is 10.9 Å². The van der Waals surface area contributed by atoms with E-state index in [2.05, 4.69) is 21.5 Å². The van der Waals surface area contributed by atoms with Crippen LogP contribution in [0.1, 0.15) is 48.1 Å². The molecule has 1 saturated carbocycles. The van der Waals surface area contributed by atoms with Gasteiger partial charge in [0, 0.05) is 24.0 Å². The van der Waals surface area contributed by atoms with Gasteiger partial charge in [-0.2, -0.15) is 23.5 Å². The molecule has 4 rings (SSSR count). The van der Waals surface area contributed by atoms with Gasteiger partial charge in [-0.15, -0.1) is 0 Å². The molecule has 0 radical (unpaired) electrons. The SMILES string of the molecule is CCN(CC(F)(F)F)C(=O)c1ccc(Nc2nn(C(CC#N)C3CC3)c3cc[nH]c(=O)c23)cc1C. The third-order valence-corrected chi connectivity index (χ3v) is 6.17. The Hall–Kier alpha value is -3.81. The van der Waals surface area contributed by atoms with Gasteiger partial charge in [0.1, 0.15) is 11.9 Å². The molecule has 1 unspecified atom stereocenters. The Morgan fingerprint density at radius 1 is 1.37 bits per heavy atom. The Balaban J connectivity index is 1.66. The molecule has 0 bridgehead atoms. The van der Waals surface area contributed by atoms with Crippen LogP contribution in [0, 0.1) is 24.2 Å². The van der Waals surface area contributed by atoms with Crippen molar-refractivity contribution in [2.24, 2.45) is 5.92 Å². The molecule has 1 aliphatic carbocycles. The minimum atomic E-state index is -4.49. The first-order valence-corrected chi connectivity index (χ1v) is 11.3. The highest BCUT2D eigenvalue weighted by molar-refractivity contribution is 5.96. The molecule has 0 aliphatic heterocycles. The zero-order valence-corrected chi connectivity index (χ0v) is 19.3. The van der Waals surface area contributed by atoms with Crippen LogP contribution in [0.15, 0.2) is 35.3 Å². The fourth-order valence-corrected chi connectivity index (χ4v) is 4.30. The maximum Gasteiger partial charge on any atom is 0.406 e. The summed E-state index contributed by atoms with van der Waals surface area (Å²) in [5, 5.41) is 17.4. The highest BCUT2D eigenvalue weighted by Gasteiger charge is 2.35. The van der Waals surface area contributed by atoms with Crippen LogP contribution in [-0.4, -0.2) is 44.8 Å². The van der Waals surface area contributed by atoms with Gasteiger partial charge in [-0.3, -0.25) is 14.3 Å². The molecule has 184 valence electrons. The number of nitrogens with one attached hydrogen (secondary N) is 2. The van der Waals surface area contributed by atoms with Gasteiger partial charge in [0.05, 0.1) is 24.0 Å². The number of benzene rings is 1. The normalized spacial score (nSPS) is 14.5. The number of rotatable bonds is 8. The van der Waals surface area contributed by atoms with E-state index in [4.69, 9.17) is 0 Å². The number of nitrogens with zero attached hydrogens (tertiary/aromatic N) is 4. The Morgan fingerprint density at radius 2 is 2.11 bits per heavy atom. The van der Waals surface area contributed by atoms with Gasteiger partial charge < -0.3 is 15.2 Å². The molecule has 35 heavy (non-hydrogen) atoms. The average molecular weight is 486 g/mol. The smallest absolute Gasteiger partial charge is 0.338 e. The number of anilines is 2. The maximum absolute atomic E-state index is 12.8. The number of carbonyl (C=O) groups excluding carboxylic acids is 1. The molecule has 1 amide bonds. The molecule has 1 atom stereocenters. The van der Waals surface area contributed by atoms with Crippen molar-refractivity contribution >= 4 is 28.3 Å². The highest BCUT2D eigenvalue weighted by atomic mass is 19.4. The number of pyridine rings is 1. The van der Waals surface area contributed by atoms with Crippen molar-refractivity contribution in [1.29, 1.82) is 5.26 Å². The number of H-pyrrole nitrogens is 1. The summed E-state index contributed by atoms with van der Waals surface area (Å²) in [6.07, 6.45) is -0.684. The van der Waals surface area contributed by atoms with Crippen molar-refractivity contribution in [2.45, 2.75) is 45.3 Å². The number of nitriles is 1. The fourth-order valence-electron chi connectivity index (χ4n) is 4.30. The van der Waals surface area contributed by atoms with Crippen LogP contribution in [0.3, 0.4) is 0 Å². The number of aromatic nitrogens is 3. The number of halogens is 3. The van der Waals surface area contributed by atoms with E-state index in [0.717, 1.165) is 17.7 Å². The zero-order valence-electron chi connectivity index (χ0n) is 19.3. The fraction of sp³-hybridized carbons (Fsp3) is 0.417. The first-order chi connectivity index (χ1) is 16.6. The summed E-state index contributed by atoms with van der Waals surface area (Å²) in [6, 6.07) is 8.47. The second kappa shape index (κ2) is 9.44. The molecule has 8 nitrogen and oxygen atoms in total. The van der Waals surface area contributed by atoms with Gasteiger partial charge in [-0.05, 0) is 62.4 Å². The third-order valence-electron chi connectivity index (χ3n) is 6.17. The first-order valence-electron chi connectivity index (χ1n) is 11.3. The summed E-state index contributed by atoms with van der Waals surface area (Å²) >= 11 is 0. The number of aromatic amines is 1. The van der Waals surface area contributed by atoms with Gasteiger partial charge in [-0.1, -0.05) is 0 Å². The molecule has 1 aromatic carbocycles. The maximum atomic E-state index is 12.8. The standard InChI is InChI=1S/C24H25F3N6O2/c1-3-32(13-24(25,26)27)23(35)17-7-6-16(12-14(17)2)30-21-20-19(9-11-29-22(20)34)33(31-21)18(8-10-28)15-4-5-15/h6-7,9,11-12,15,18H,3-5,8,13H2,1-2H3,(H,29,34)(H,30,31). The molecule has 11 heteroatoms. The number of hydrogen-bond donors (Lipinski definition) is 2. The minimum Gasteiger partial charge on any atom is -0.338 e. The van der Waals surface area contributed by atoms with Crippen molar-refractivity contribution in [2.75, 3.05) is 18.4 Å².